The minimum Gasteiger partial charge on any atom is -0.493 e. The van der Waals surface area contributed by atoms with E-state index in [9.17, 15) is 13.7 Å². The van der Waals surface area contributed by atoms with E-state index in [2.05, 4.69) is 17.2 Å². The van der Waals surface area contributed by atoms with Gasteiger partial charge in [0.25, 0.3) is 0 Å². The van der Waals surface area contributed by atoms with Crippen molar-refractivity contribution in [1.29, 1.82) is 5.26 Å². The third-order valence-corrected chi connectivity index (χ3v) is 8.27. The minimum atomic E-state index is -3.54. The van der Waals surface area contributed by atoms with Crippen LogP contribution in [0.25, 0.3) is 11.5 Å². The SMILES string of the molecule is COc1ccc(CCNc2oc(-c3ccc(S(=O)(=O)N4CCC(C)CC4)cc3)nc2C#N)cc1OC. The molecule has 1 aliphatic rings. The topological polar surface area (TPSA) is 118 Å². The van der Waals surface area contributed by atoms with Gasteiger partial charge in [0.1, 0.15) is 6.07 Å². The van der Waals surface area contributed by atoms with Crippen LogP contribution in [-0.4, -0.2) is 51.6 Å². The first kappa shape index (κ1) is 25.5. The van der Waals surface area contributed by atoms with Gasteiger partial charge in [-0.25, -0.2) is 8.42 Å². The molecule has 0 atom stereocenters. The molecule has 4 rings (SSSR count). The molecule has 0 bridgehead atoms. The van der Waals surface area contributed by atoms with Gasteiger partial charge in [0.05, 0.1) is 19.1 Å². The number of oxazole rings is 1. The van der Waals surface area contributed by atoms with Crippen molar-refractivity contribution in [3.05, 3.63) is 53.7 Å². The number of nitriles is 1. The van der Waals surface area contributed by atoms with Gasteiger partial charge in [0, 0.05) is 25.2 Å². The zero-order chi connectivity index (χ0) is 25.7. The van der Waals surface area contributed by atoms with E-state index in [-0.39, 0.29) is 22.4 Å². The molecular formula is C26H30N4O5S. The number of methoxy groups -OCH3 is 2. The number of nitrogens with zero attached hydrogens (tertiary/aromatic N) is 3. The molecule has 1 saturated heterocycles. The van der Waals surface area contributed by atoms with Crippen molar-refractivity contribution in [2.45, 2.75) is 31.1 Å². The van der Waals surface area contributed by atoms with Crippen molar-refractivity contribution in [1.82, 2.24) is 9.29 Å². The highest BCUT2D eigenvalue weighted by Crippen LogP contribution is 2.30. The third kappa shape index (κ3) is 5.48. The summed E-state index contributed by atoms with van der Waals surface area (Å²) < 4.78 is 43.9. The lowest BCUT2D eigenvalue weighted by atomic mass is 10.0. The fraction of sp³-hybridized carbons (Fsp3) is 0.385. The molecule has 0 spiro atoms. The summed E-state index contributed by atoms with van der Waals surface area (Å²) in [5.74, 6) is 2.36. The standard InChI is InChI=1S/C26H30N4O5S/c1-18-11-14-30(15-12-18)36(31,32)21-7-5-20(6-8-21)25-29-22(17-27)26(35-25)28-13-10-19-4-9-23(33-2)24(16-19)34-3/h4-9,16,18,28H,10-15H2,1-3H3. The van der Waals surface area contributed by atoms with E-state index in [1.54, 1.807) is 42.8 Å². The number of piperidine rings is 1. The van der Waals surface area contributed by atoms with E-state index in [0.717, 1.165) is 18.4 Å². The zero-order valence-corrected chi connectivity index (χ0v) is 21.5. The predicted molar refractivity (Wildman–Crippen MR) is 136 cm³/mol. The van der Waals surface area contributed by atoms with Crippen LogP contribution in [0.2, 0.25) is 0 Å². The Morgan fingerprint density at radius 1 is 1.11 bits per heavy atom. The highest BCUT2D eigenvalue weighted by atomic mass is 32.2. The molecule has 2 aromatic carbocycles. The number of hydrogen-bond donors (Lipinski definition) is 1. The molecular weight excluding hydrogens is 480 g/mol. The van der Waals surface area contributed by atoms with Gasteiger partial charge in [-0.1, -0.05) is 13.0 Å². The van der Waals surface area contributed by atoms with E-state index >= 15 is 0 Å². The first-order chi connectivity index (χ1) is 17.3. The van der Waals surface area contributed by atoms with E-state index in [4.69, 9.17) is 13.9 Å². The highest BCUT2D eigenvalue weighted by molar-refractivity contribution is 7.89. The fourth-order valence-corrected chi connectivity index (χ4v) is 5.61. The van der Waals surface area contributed by atoms with E-state index in [0.29, 0.717) is 49.0 Å². The number of anilines is 1. The Kier molecular flexibility index (Phi) is 7.82. The lowest BCUT2D eigenvalue weighted by Crippen LogP contribution is -2.37. The summed E-state index contributed by atoms with van der Waals surface area (Å²) in [6.07, 6.45) is 2.39. The monoisotopic (exact) mass is 510 g/mol. The number of benzene rings is 2. The number of aromatic nitrogens is 1. The smallest absolute Gasteiger partial charge is 0.243 e. The Morgan fingerprint density at radius 3 is 2.44 bits per heavy atom. The van der Waals surface area contributed by atoms with E-state index in [1.165, 1.54) is 0 Å². The number of nitrogens with one attached hydrogen (secondary N) is 1. The maximum Gasteiger partial charge on any atom is 0.243 e. The van der Waals surface area contributed by atoms with Gasteiger partial charge in [0.2, 0.25) is 27.5 Å². The average molecular weight is 511 g/mol. The van der Waals surface area contributed by atoms with Crippen molar-refractivity contribution in [3.8, 4) is 29.0 Å². The Bertz CT molecular complexity index is 1340. The molecule has 10 heteroatoms. The molecule has 1 aromatic heterocycles. The first-order valence-corrected chi connectivity index (χ1v) is 13.3. The van der Waals surface area contributed by atoms with Crippen LogP contribution >= 0.6 is 0 Å². The van der Waals surface area contributed by atoms with Gasteiger partial charge in [-0.2, -0.15) is 14.6 Å². The quantitative estimate of drug-likeness (QED) is 0.453. The molecule has 1 aliphatic heterocycles. The predicted octanol–water partition coefficient (Wildman–Crippen LogP) is 4.31. The van der Waals surface area contributed by atoms with Crippen LogP contribution in [0, 0.1) is 17.2 Å². The summed E-state index contributed by atoms with van der Waals surface area (Å²) in [6, 6.07) is 14.2. The van der Waals surface area contributed by atoms with Gasteiger partial charge in [-0.3, -0.25) is 0 Å². The van der Waals surface area contributed by atoms with Crippen molar-refractivity contribution in [2.24, 2.45) is 5.92 Å². The molecule has 0 saturated carbocycles. The highest BCUT2D eigenvalue weighted by Gasteiger charge is 2.28. The van der Waals surface area contributed by atoms with Crippen molar-refractivity contribution < 1.29 is 22.3 Å². The number of hydrogen-bond acceptors (Lipinski definition) is 8. The number of ether oxygens (including phenoxy) is 2. The van der Waals surface area contributed by atoms with Crippen LogP contribution in [0.15, 0.2) is 51.8 Å². The molecule has 3 aromatic rings. The van der Waals surface area contributed by atoms with E-state index in [1.807, 2.05) is 24.3 Å². The average Bonchev–Trinajstić information content (AvgIpc) is 3.32. The van der Waals surface area contributed by atoms with Crippen molar-refractivity contribution >= 4 is 15.9 Å². The van der Waals surface area contributed by atoms with Gasteiger partial charge in [-0.15, -0.1) is 0 Å². The molecule has 0 aliphatic carbocycles. The summed E-state index contributed by atoms with van der Waals surface area (Å²) in [6.45, 7) is 3.72. The Hall–Kier alpha value is -3.55. The van der Waals surface area contributed by atoms with Crippen LogP contribution in [0.5, 0.6) is 11.5 Å². The van der Waals surface area contributed by atoms with E-state index < -0.39 is 10.0 Å². The molecule has 36 heavy (non-hydrogen) atoms. The maximum atomic E-state index is 13.0. The summed E-state index contributed by atoms with van der Waals surface area (Å²) in [5.41, 5.74) is 1.75. The number of sulfonamides is 1. The zero-order valence-electron chi connectivity index (χ0n) is 20.7. The van der Waals surface area contributed by atoms with Crippen molar-refractivity contribution in [2.75, 3.05) is 39.2 Å². The first-order valence-electron chi connectivity index (χ1n) is 11.8. The normalized spacial score (nSPS) is 14.8. The summed E-state index contributed by atoms with van der Waals surface area (Å²) in [4.78, 5) is 4.52. The summed E-state index contributed by atoms with van der Waals surface area (Å²) in [5, 5.41) is 12.6. The Labute approximate surface area is 211 Å². The molecule has 9 nitrogen and oxygen atoms in total. The Morgan fingerprint density at radius 2 is 1.81 bits per heavy atom. The van der Waals surface area contributed by atoms with Gasteiger partial charge < -0.3 is 19.2 Å². The molecule has 0 unspecified atom stereocenters. The van der Waals surface area contributed by atoms with Crippen LogP contribution in [0.4, 0.5) is 5.88 Å². The third-order valence-electron chi connectivity index (χ3n) is 6.36. The van der Waals surface area contributed by atoms with Crippen molar-refractivity contribution in [3.63, 3.8) is 0 Å². The summed E-state index contributed by atoms with van der Waals surface area (Å²) >= 11 is 0. The minimum absolute atomic E-state index is 0.136. The molecule has 0 radical (unpaired) electrons. The maximum absolute atomic E-state index is 13.0. The molecule has 190 valence electrons. The second kappa shape index (κ2) is 11.0. The molecule has 1 N–H and O–H groups in total. The lowest BCUT2D eigenvalue weighted by molar-refractivity contribution is 0.288. The Balaban J connectivity index is 1.44. The van der Waals surface area contributed by atoms with Crippen LogP contribution < -0.4 is 14.8 Å². The lowest BCUT2D eigenvalue weighted by Gasteiger charge is -2.29. The van der Waals surface area contributed by atoms with Gasteiger partial charge in [-0.05, 0) is 67.1 Å². The van der Waals surface area contributed by atoms with Crippen LogP contribution in [-0.2, 0) is 16.4 Å². The number of rotatable bonds is 9. The van der Waals surface area contributed by atoms with Gasteiger partial charge in [0.15, 0.2) is 11.5 Å². The molecule has 0 amide bonds. The van der Waals surface area contributed by atoms with Crippen LogP contribution in [0.1, 0.15) is 31.0 Å². The second-order valence-corrected chi connectivity index (χ2v) is 10.7. The fourth-order valence-electron chi connectivity index (χ4n) is 4.14. The summed E-state index contributed by atoms with van der Waals surface area (Å²) in [7, 11) is -0.362. The van der Waals surface area contributed by atoms with Crippen LogP contribution in [0.3, 0.4) is 0 Å². The second-order valence-electron chi connectivity index (χ2n) is 8.79. The molecule has 1 fully saturated rings. The van der Waals surface area contributed by atoms with Gasteiger partial charge >= 0.3 is 0 Å². The largest absolute Gasteiger partial charge is 0.493 e. The molecule has 2 heterocycles.